The molecule has 1 heterocycles. The third kappa shape index (κ3) is 8.25. The molecule has 140 valence electrons. The standard InChI is InChI=1S/C19H35NO4/c1-2-17(22)11-9-7-5-3-4-6-8-10-12-19(24)20-14-18(23)13-16(20)15-21/h16,18,21,23H,2-15H2,1H3/t16-,18+/m0/s1. The Bertz CT molecular complexity index is 372. The third-order valence-corrected chi connectivity index (χ3v) is 4.91. The highest BCUT2D eigenvalue weighted by Gasteiger charge is 2.33. The van der Waals surface area contributed by atoms with Gasteiger partial charge < -0.3 is 15.1 Å². The first-order valence-electron chi connectivity index (χ1n) is 9.68. The van der Waals surface area contributed by atoms with E-state index in [0.717, 1.165) is 38.5 Å². The molecule has 0 radical (unpaired) electrons. The van der Waals surface area contributed by atoms with Crippen LogP contribution in [-0.2, 0) is 9.59 Å². The summed E-state index contributed by atoms with van der Waals surface area (Å²) in [5, 5.41) is 18.9. The molecule has 0 aromatic rings. The summed E-state index contributed by atoms with van der Waals surface area (Å²) in [4.78, 5) is 24.9. The summed E-state index contributed by atoms with van der Waals surface area (Å²) in [5.41, 5.74) is 0. The van der Waals surface area contributed by atoms with Crippen molar-refractivity contribution in [1.29, 1.82) is 0 Å². The van der Waals surface area contributed by atoms with Crippen LogP contribution in [0.5, 0.6) is 0 Å². The lowest BCUT2D eigenvalue weighted by atomic mass is 10.0. The van der Waals surface area contributed by atoms with E-state index >= 15 is 0 Å². The first kappa shape index (κ1) is 21.1. The number of rotatable bonds is 13. The second-order valence-corrected chi connectivity index (χ2v) is 6.99. The van der Waals surface area contributed by atoms with Gasteiger partial charge in [-0.3, -0.25) is 9.59 Å². The van der Waals surface area contributed by atoms with E-state index in [-0.39, 0.29) is 18.6 Å². The predicted molar refractivity (Wildman–Crippen MR) is 94.7 cm³/mol. The van der Waals surface area contributed by atoms with Crippen LogP contribution in [0.1, 0.15) is 84.0 Å². The van der Waals surface area contributed by atoms with Gasteiger partial charge in [-0.1, -0.05) is 45.4 Å². The van der Waals surface area contributed by atoms with Crippen LogP contribution in [-0.4, -0.2) is 52.1 Å². The average Bonchev–Trinajstić information content (AvgIpc) is 2.97. The molecule has 1 fully saturated rings. The molecule has 1 amide bonds. The molecule has 24 heavy (non-hydrogen) atoms. The van der Waals surface area contributed by atoms with E-state index in [1.807, 2.05) is 6.92 Å². The molecule has 0 aliphatic carbocycles. The van der Waals surface area contributed by atoms with Crippen molar-refractivity contribution in [3.05, 3.63) is 0 Å². The summed E-state index contributed by atoms with van der Waals surface area (Å²) in [6.45, 7) is 2.22. The normalized spacial score (nSPS) is 20.5. The fourth-order valence-electron chi connectivity index (χ4n) is 3.35. The maximum Gasteiger partial charge on any atom is 0.222 e. The Kier molecular flexibility index (Phi) is 10.9. The number of β-amino-alcohol motifs (C(OH)–C–C–N with tert-alkyl or cyclic N) is 1. The Hall–Kier alpha value is -0.940. The zero-order valence-electron chi connectivity index (χ0n) is 15.2. The molecule has 5 nitrogen and oxygen atoms in total. The van der Waals surface area contributed by atoms with Gasteiger partial charge in [0, 0.05) is 25.8 Å². The van der Waals surface area contributed by atoms with Crippen LogP contribution in [0.15, 0.2) is 0 Å². The summed E-state index contributed by atoms with van der Waals surface area (Å²) in [7, 11) is 0. The molecule has 1 saturated heterocycles. The number of hydrogen-bond acceptors (Lipinski definition) is 4. The predicted octanol–water partition coefficient (Wildman–Crippen LogP) is 2.82. The number of hydrogen-bond donors (Lipinski definition) is 2. The van der Waals surface area contributed by atoms with E-state index in [1.165, 1.54) is 19.3 Å². The van der Waals surface area contributed by atoms with Crippen LogP contribution in [0.3, 0.4) is 0 Å². The lowest BCUT2D eigenvalue weighted by Crippen LogP contribution is -2.37. The maximum atomic E-state index is 12.1. The molecule has 1 aliphatic heterocycles. The molecule has 0 spiro atoms. The molecular weight excluding hydrogens is 306 g/mol. The first-order valence-corrected chi connectivity index (χ1v) is 9.68. The highest BCUT2D eigenvalue weighted by Crippen LogP contribution is 2.19. The van der Waals surface area contributed by atoms with Crippen LogP contribution < -0.4 is 0 Å². The molecule has 0 saturated carbocycles. The number of aliphatic hydroxyl groups is 2. The SMILES string of the molecule is CCC(=O)CCCCCCCCCCC(=O)N1C[C@H](O)C[C@H]1CO. The number of Topliss-reactive ketones (excluding diaryl/α,β-unsaturated/α-hetero) is 1. The fourth-order valence-corrected chi connectivity index (χ4v) is 3.35. The molecular formula is C19H35NO4. The molecule has 2 N–H and O–H groups in total. The topological polar surface area (TPSA) is 77.8 Å². The van der Waals surface area contributed by atoms with Crippen molar-refractivity contribution in [2.45, 2.75) is 96.1 Å². The summed E-state index contributed by atoms with van der Waals surface area (Å²) >= 11 is 0. The van der Waals surface area contributed by atoms with Gasteiger partial charge in [-0.25, -0.2) is 0 Å². The van der Waals surface area contributed by atoms with E-state index in [1.54, 1.807) is 4.90 Å². The molecule has 0 bridgehead atoms. The summed E-state index contributed by atoms with van der Waals surface area (Å²) < 4.78 is 0. The van der Waals surface area contributed by atoms with Gasteiger partial charge in [0.2, 0.25) is 5.91 Å². The molecule has 0 aromatic carbocycles. The van der Waals surface area contributed by atoms with Crippen molar-refractivity contribution in [3.63, 3.8) is 0 Å². The Morgan fingerprint density at radius 1 is 0.958 bits per heavy atom. The number of carbonyl (C=O) groups excluding carboxylic acids is 2. The largest absolute Gasteiger partial charge is 0.394 e. The van der Waals surface area contributed by atoms with Gasteiger partial charge in [-0.15, -0.1) is 0 Å². The van der Waals surface area contributed by atoms with Gasteiger partial charge in [0.1, 0.15) is 5.78 Å². The minimum absolute atomic E-state index is 0.0613. The van der Waals surface area contributed by atoms with Crippen molar-refractivity contribution >= 4 is 11.7 Å². The Balaban J connectivity index is 1.95. The van der Waals surface area contributed by atoms with Gasteiger partial charge in [0.25, 0.3) is 0 Å². The third-order valence-electron chi connectivity index (χ3n) is 4.91. The Morgan fingerprint density at radius 3 is 2.04 bits per heavy atom. The maximum absolute atomic E-state index is 12.1. The number of unbranched alkanes of at least 4 members (excludes halogenated alkanes) is 7. The molecule has 1 aliphatic rings. The second-order valence-electron chi connectivity index (χ2n) is 6.99. The molecule has 1 rings (SSSR count). The van der Waals surface area contributed by atoms with Gasteiger partial charge in [0.05, 0.1) is 18.8 Å². The molecule has 0 unspecified atom stereocenters. The van der Waals surface area contributed by atoms with Crippen LogP contribution in [0, 0.1) is 0 Å². The summed E-state index contributed by atoms with van der Waals surface area (Å²) in [6, 6.07) is -0.202. The van der Waals surface area contributed by atoms with Crippen molar-refractivity contribution in [3.8, 4) is 0 Å². The number of aliphatic hydroxyl groups excluding tert-OH is 2. The minimum atomic E-state index is -0.487. The monoisotopic (exact) mass is 341 g/mol. The van der Waals surface area contributed by atoms with Crippen molar-refractivity contribution in [2.24, 2.45) is 0 Å². The second kappa shape index (κ2) is 12.4. The molecule has 2 atom stereocenters. The highest BCUT2D eigenvalue weighted by atomic mass is 16.3. The van der Waals surface area contributed by atoms with Gasteiger partial charge in [-0.05, 0) is 19.3 Å². The minimum Gasteiger partial charge on any atom is -0.394 e. The molecule has 0 aromatic heterocycles. The summed E-state index contributed by atoms with van der Waals surface area (Å²) in [5.74, 6) is 0.430. The number of ketones is 1. The Labute approximate surface area is 146 Å². The number of carbonyl (C=O) groups is 2. The number of likely N-dealkylation sites (tertiary alicyclic amines) is 1. The lowest BCUT2D eigenvalue weighted by Gasteiger charge is -2.22. The number of amides is 1. The smallest absolute Gasteiger partial charge is 0.222 e. The quantitative estimate of drug-likeness (QED) is 0.505. The van der Waals surface area contributed by atoms with Crippen molar-refractivity contribution in [1.82, 2.24) is 4.90 Å². The zero-order valence-corrected chi connectivity index (χ0v) is 15.2. The van der Waals surface area contributed by atoms with Gasteiger partial charge in [0.15, 0.2) is 0 Å². The van der Waals surface area contributed by atoms with Crippen LogP contribution in [0.4, 0.5) is 0 Å². The van der Waals surface area contributed by atoms with E-state index < -0.39 is 6.10 Å². The van der Waals surface area contributed by atoms with E-state index in [2.05, 4.69) is 0 Å². The fraction of sp³-hybridized carbons (Fsp3) is 0.895. The molecule has 5 heteroatoms. The van der Waals surface area contributed by atoms with Crippen molar-refractivity contribution < 1.29 is 19.8 Å². The van der Waals surface area contributed by atoms with E-state index in [0.29, 0.717) is 31.6 Å². The van der Waals surface area contributed by atoms with Crippen LogP contribution in [0.25, 0.3) is 0 Å². The Morgan fingerprint density at radius 2 is 1.50 bits per heavy atom. The zero-order chi connectivity index (χ0) is 17.8. The van der Waals surface area contributed by atoms with E-state index in [4.69, 9.17) is 0 Å². The number of nitrogens with zero attached hydrogens (tertiary/aromatic N) is 1. The van der Waals surface area contributed by atoms with Gasteiger partial charge in [-0.2, -0.15) is 0 Å². The van der Waals surface area contributed by atoms with E-state index in [9.17, 15) is 19.8 Å². The van der Waals surface area contributed by atoms with Gasteiger partial charge >= 0.3 is 0 Å². The van der Waals surface area contributed by atoms with Crippen molar-refractivity contribution in [2.75, 3.05) is 13.2 Å². The summed E-state index contributed by atoms with van der Waals surface area (Å²) in [6.07, 6.45) is 10.8. The lowest BCUT2D eigenvalue weighted by molar-refractivity contribution is -0.133. The van der Waals surface area contributed by atoms with Crippen LogP contribution in [0.2, 0.25) is 0 Å². The first-order chi connectivity index (χ1) is 11.6. The average molecular weight is 341 g/mol. The van der Waals surface area contributed by atoms with Crippen LogP contribution >= 0.6 is 0 Å². The highest BCUT2D eigenvalue weighted by molar-refractivity contribution is 5.78.